The van der Waals surface area contributed by atoms with Crippen molar-refractivity contribution in [1.82, 2.24) is 0 Å². The molecule has 1 N–H and O–H groups in total. The minimum Gasteiger partial charge on any atom is -0.397 e. The predicted molar refractivity (Wildman–Crippen MR) is 23.1 cm³/mol. The van der Waals surface area contributed by atoms with Gasteiger partial charge in [-0.1, -0.05) is 0 Å². The smallest absolute Gasteiger partial charge is 0.397 e. The van der Waals surface area contributed by atoms with Crippen LogP contribution in [0.3, 0.4) is 0 Å². The van der Waals surface area contributed by atoms with Crippen molar-refractivity contribution in [2.45, 2.75) is 6.92 Å². The Morgan fingerprint density at radius 2 is 1.62 bits per heavy atom. The van der Waals surface area contributed by atoms with Gasteiger partial charge in [-0.3, -0.25) is 0 Å². The van der Waals surface area contributed by atoms with Crippen LogP contribution >= 0.6 is 0 Å². The maximum absolute atomic E-state index is 8.25. The summed E-state index contributed by atoms with van der Waals surface area (Å²) in [6.45, 7) is 1.93. The van der Waals surface area contributed by atoms with E-state index in [-0.39, 0.29) is 29.0 Å². The average molecular weight is 216 g/mol. The molecular weight excluding hydrogens is 210 g/mol. The standard InChI is InChI=1S/C2H6O.Ag.NO3/c1-2-3;;2-1(3)4/h3H,2H2,1H3;;/q;+1;-1. The van der Waals surface area contributed by atoms with Gasteiger partial charge in [-0.25, -0.2) is 0 Å². The molecule has 0 radical (unpaired) electrons. The molecule has 0 aliphatic rings. The minimum absolute atomic E-state index is 0. The van der Waals surface area contributed by atoms with Gasteiger partial charge in [0.05, 0.1) is 5.09 Å². The van der Waals surface area contributed by atoms with Gasteiger partial charge in [0.25, 0.3) is 0 Å². The molecule has 5 nitrogen and oxygen atoms in total. The van der Waals surface area contributed by atoms with Crippen LogP contribution in [-0.4, -0.2) is 16.8 Å². The fourth-order valence-electron chi connectivity index (χ4n) is 0. The van der Waals surface area contributed by atoms with Crippen LogP contribution in [0.25, 0.3) is 0 Å². The van der Waals surface area contributed by atoms with Crippen LogP contribution in [0.1, 0.15) is 6.92 Å². The molecule has 8 heavy (non-hydrogen) atoms. The first-order valence-electron chi connectivity index (χ1n) is 1.57. The van der Waals surface area contributed by atoms with Crippen LogP contribution in [0.5, 0.6) is 0 Å². The van der Waals surface area contributed by atoms with E-state index in [0.717, 1.165) is 0 Å². The van der Waals surface area contributed by atoms with Gasteiger partial charge in [-0.15, -0.1) is 0 Å². The summed E-state index contributed by atoms with van der Waals surface area (Å²) in [6, 6.07) is 0. The van der Waals surface area contributed by atoms with Gasteiger partial charge < -0.3 is 20.4 Å². The maximum atomic E-state index is 8.25. The van der Waals surface area contributed by atoms with Crippen molar-refractivity contribution in [3.05, 3.63) is 15.3 Å². The molecule has 54 valence electrons. The molecule has 0 spiro atoms. The van der Waals surface area contributed by atoms with E-state index < -0.39 is 5.09 Å². The van der Waals surface area contributed by atoms with Gasteiger partial charge in [0.1, 0.15) is 0 Å². The molecule has 0 aliphatic heterocycles. The zero-order valence-corrected chi connectivity index (χ0v) is 5.61. The largest absolute Gasteiger partial charge is 1.00 e. The molecule has 0 fully saturated rings. The third-order valence-electron chi connectivity index (χ3n) is 0. The monoisotopic (exact) mass is 215 g/mol. The second-order valence-electron chi connectivity index (χ2n) is 0.540. The SMILES string of the molecule is CCO.O=[N+]([O-])[O-].[Ag+]. The molecule has 0 bridgehead atoms. The maximum Gasteiger partial charge on any atom is 1.00 e. The summed E-state index contributed by atoms with van der Waals surface area (Å²) < 4.78 is 0. The zero-order valence-electron chi connectivity index (χ0n) is 4.13. The molecule has 0 unspecified atom stereocenters. The second kappa shape index (κ2) is 15.8. The fraction of sp³-hybridized carbons (Fsp3) is 1.00. The summed E-state index contributed by atoms with van der Waals surface area (Å²) in [5, 5.41) is 22.3. The topological polar surface area (TPSA) is 86.4 Å². The Morgan fingerprint density at radius 1 is 1.62 bits per heavy atom. The van der Waals surface area contributed by atoms with E-state index in [1.165, 1.54) is 0 Å². The van der Waals surface area contributed by atoms with Crippen LogP contribution in [0.15, 0.2) is 0 Å². The van der Waals surface area contributed by atoms with Gasteiger partial charge in [0.2, 0.25) is 0 Å². The van der Waals surface area contributed by atoms with E-state index in [4.69, 9.17) is 20.4 Å². The van der Waals surface area contributed by atoms with Gasteiger partial charge in [0.15, 0.2) is 0 Å². The van der Waals surface area contributed by atoms with Crippen LogP contribution in [0.4, 0.5) is 0 Å². The molecule has 0 heterocycles. The Morgan fingerprint density at radius 3 is 1.62 bits per heavy atom. The Labute approximate surface area is 61.9 Å². The summed E-state index contributed by atoms with van der Waals surface area (Å²) in [5.41, 5.74) is 0. The quantitative estimate of drug-likeness (QED) is 0.343. The van der Waals surface area contributed by atoms with Crippen molar-refractivity contribution in [3.8, 4) is 0 Å². The first-order valence-corrected chi connectivity index (χ1v) is 1.57. The van der Waals surface area contributed by atoms with Gasteiger partial charge in [-0.05, 0) is 6.92 Å². The average Bonchev–Trinajstić information content (AvgIpc) is 1.33. The van der Waals surface area contributed by atoms with Crippen LogP contribution in [-0.2, 0) is 22.4 Å². The minimum atomic E-state index is -1.75. The van der Waals surface area contributed by atoms with Crippen LogP contribution in [0.2, 0.25) is 0 Å². The van der Waals surface area contributed by atoms with E-state index in [0.29, 0.717) is 0 Å². The van der Waals surface area contributed by atoms with Crippen molar-refractivity contribution >= 4 is 0 Å². The van der Waals surface area contributed by atoms with E-state index in [2.05, 4.69) is 0 Å². The van der Waals surface area contributed by atoms with Crippen molar-refractivity contribution in [2.75, 3.05) is 6.61 Å². The normalized spacial score (nSPS) is 5.25. The molecule has 0 rings (SSSR count). The summed E-state index contributed by atoms with van der Waals surface area (Å²) in [4.78, 5) is 8.25. The molecule has 0 aromatic carbocycles. The number of hydrogen-bond donors (Lipinski definition) is 1. The summed E-state index contributed by atoms with van der Waals surface area (Å²) in [7, 11) is 0. The van der Waals surface area contributed by atoms with Gasteiger partial charge in [-0.2, -0.15) is 0 Å². The molecule has 0 amide bonds. The molecule has 0 aromatic rings. The molecular formula is C2H6AgNO4. The number of nitrogens with zero attached hydrogens (tertiary/aromatic N) is 1. The molecule has 0 aromatic heterocycles. The third kappa shape index (κ3) is 14200. The summed E-state index contributed by atoms with van der Waals surface area (Å²) in [5.74, 6) is 0. The summed E-state index contributed by atoms with van der Waals surface area (Å²) in [6.07, 6.45) is 0. The second-order valence-corrected chi connectivity index (χ2v) is 0.540. The zero-order chi connectivity index (χ0) is 6.28. The van der Waals surface area contributed by atoms with E-state index in [9.17, 15) is 0 Å². The van der Waals surface area contributed by atoms with Crippen molar-refractivity contribution < 1.29 is 32.6 Å². The number of rotatable bonds is 0. The Hall–Kier alpha value is -0.0997. The van der Waals surface area contributed by atoms with Gasteiger partial charge in [0, 0.05) is 6.61 Å². The molecule has 6 heteroatoms. The van der Waals surface area contributed by atoms with E-state index in [1.54, 1.807) is 6.92 Å². The number of aliphatic hydroxyl groups excluding tert-OH is 1. The van der Waals surface area contributed by atoms with Crippen LogP contribution in [0, 0.1) is 15.3 Å². The molecule has 0 saturated carbocycles. The molecule has 0 atom stereocenters. The first kappa shape index (κ1) is 15.7. The Bertz CT molecular complexity index is 45.3. The number of aliphatic hydroxyl groups is 1. The Balaban J connectivity index is -0.0000000575. The first-order chi connectivity index (χ1) is 3.15. The van der Waals surface area contributed by atoms with Gasteiger partial charge >= 0.3 is 22.4 Å². The fourth-order valence-corrected chi connectivity index (χ4v) is 0. The van der Waals surface area contributed by atoms with E-state index >= 15 is 0 Å². The number of hydrogen-bond acceptors (Lipinski definition) is 4. The van der Waals surface area contributed by atoms with Crippen molar-refractivity contribution in [2.24, 2.45) is 0 Å². The third-order valence-corrected chi connectivity index (χ3v) is 0. The van der Waals surface area contributed by atoms with Crippen molar-refractivity contribution in [3.63, 3.8) is 0 Å². The van der Waals surface area contributed by atoms with E-state index in [1.807, 2.05) is 0 Å². The molecule has 0 aliphatic carbocycles. The Kier molecular flexibility index (Phi) is 30.9. The summed E-state index contributed by atoms with van der Waals surface area (Å²) >= 11 is 0. The van der Waals surface area contributed by atoms with Crippen molar-refractivity contribution in [1.29, 1.82) is 0 Å². The molecule has 0 saturated heterocycles. The van der Waals surface area contributed by atoms with Crippen LogP contribution < -0.4 is 0 Å². The predicted octanol–water partition coefficient (Wildman–Crippen LogP) is -0.243.